The van der Waals surface area contributed by atoms with E-state index < -0.39 is 5.82 Å². The SMILES string of the molecule is Cc1nn(C)c(C)c1C(N)Cc1ccc(F)c(Cl)c1. The molecular weight excluding hydrogens is 265 g/mol. The molecule has 3 nitrogen and oxygen atoms in total. The average molecular weight is 282 g/mol. The summed E-state index contributed by atoms with van der Waals surface area (Å²) in [5.74, 6) is -0.410. The molecule has 0 bridgehead atoms. The molecule has 0 radical (unpaired) electrons. The third kappa shape index (κ3) is 2.80. The number of nitrogens with zero attached hydrogens (tertiary/aromatic N) is 2. The normalized spacial score (nSPS) is 12.7. The first-order chi connectivity index (χ1) is 8.90. The topological polar surface area (TPSA) is 43.8 Å². The van der Waals surface area contributed by atoms with Gasteiger partial charge >= 0.3 is 0 Å². The minimum atomic E-state index is -0.410. The monoisotopic (exact) mass is 281 g/mol. The predicted octanol–water partition coefficient (Wildman–Crippen LogP) is 3.07. The summed E-state index contributed by atoms with van der Waals surface area (Å²) in [4.78, 5) is 0. The lowest BCUT2D eigenvalue weighted by Crippen LogP contribution is -2.15. The number of hydrogen-bond acceptors (Lipinski definition) is 2. The average Bonchev–Trinajstić information content (AvgIpc) is 2.58. The predicted molar refractivity (Wildman–Crippen MR) is 74.7 cm³/mol. The molecule has 0 aliphatic carbocycles. The number of halogens is 2. The highest BCUT2D eigenvalue weighted by molar-refractivity contribution is 6.30. The van der Waals surface area contributed by atoms with E-state index in [4.69, 9.17) is 17.3 Å². The molecule has 1 heterocycles. The number of hydrogen-bond donors (Lipinski definition) is 1. The molecule has 1 aromatic heterocycles. The third-order valence-electron chi connectivity index (χ3n) is 3.38. The molecule has 0 saturated carbocycles. The zero-order chi connectivity index (χ0) is 14.2. The van der Waals surface area contributed by atoms with Crippen LogP contribution in [-0.4, -0.2) is 9.78 Å². The van der Waals surface area contributed by atoms with Crippen LogP contribution >= 0.6 is 11.6 Å². The van der Waals surface area contributed by atoms with E-state index in [9.17, 15) is 4.39 Å². The van der Waals surface area contributed by atoms with Gasteiger partial charge in [0.05, 0.1) is 10.7 Å². The van der Waals surface area contributed by atoms with E-state index in [2.05, 4.69) is 5.10 Å². The second-order valence-electron chi connectivity index (χ2n) is 4.77. The molecule has 2 rings (SSSR count). The summed E-state index contributed by atoms with van der Waals surface area (Å²) in [6.07, 6.45) is 0.605. The Labute approximate surface area is 117 Å². The highest BCUT2D eigenvalue weighted by atomic mass is 35.5. The molecule has 0 amide bonds. The summed E-state index contributed by atoms with van der Waals surface area (Å²) in [7, 11) is 1.90. The van der Waals surface area contributed by atoms with Crippen molar-refractivity contribution in [1.82, 2.24) is 9.78 Å². The zero-order valence-corrected chi connectivity index (χ0v) is 12.0. The van der Waals surface area contributed by atoms with Crippen molar-refractivity contribution in [3.05, 3.63) is 51.6 Å². The molecule has 1 aromatic carbocycles. The fourth-order valence-corrected chi connectivity index (χ4v) is 2.55. The lowest BCUT2D eigenvalue weighted by Gasteiger charge is -2.13. The van der Waals surface area contributed by atoms with Gasteiger partial charge in [-0.2, -0.15) is 5.10 Å². The van der Waals surface area contributed by atoms with Crippen LogP contribution in [0.15, 0.2) is 18.2 Å². The van der Waals surface area contributed by atoms with Gasteiger partial charge in [0.15, 0.2) is 0 Å². The molecule has 1 unspecified atom stereocenters. The van der Waals surface area contributed by atoms with Gasteiger partial charge in [-0.1, -0.05) is 17.7 Å². The Hall–Kier alpha value is -1.39. The molecule has 2 aromatic rings. The number of nitrogens with two attached hydrogens (primary N) is 1. The van der Waals surface area contributed by atoms with Crippen LogP contribution in [0.1, 0.15) is 28.6 Å². The Balaban J connectivity index is 2.25. The van der Waals surface area contributed by atoms with Crippen LogP contribution in [0.3, 0.4) is 0 Å². The first-order valence-corrected chi connectivity index (χ1v) is 6.47. The van der Waals surface area contributed by atoms with Gasteiger partial charge in [-0.25, -0.2) is 4.39 Å². The summed E-state index contributed by atoms with van der Waals surface area (Å²) < 4.78 is 14.9. The van der Waals surface area contributed by atoms with Crippen molar-refractivity contribution in [2.45, 2.75) is 26.3 Å². The van der Waals surface area contributed by atoms with Gasteiger partial charge in [0.1, 0.15) is 5.82 Å². The Morgan fingerprint density at radius 2 is 2.11 bits per heavy atom. The van der Waals surface area contributed by atoms with Gasteiger partial charge in [0, 0.05) is 24.3 Å². The van der Waals surface area contributed by atoms with Gasteiger partial charge in [-0.15, -0.1) is 0 Å². The maximum atomic E-state index is 13.1. The van der Waals surface area contributed by atoms with Gasteiger partial charge < -0.3 is 5.73 Å². The van der Waals surface area contributed by atoms with E-state index in [0.717, 1.165) is 22.5 Å². The quantitative estimate of drug-likeness (QED) is 0.940. The van der Waals surface area contributed by atoms with Gasteiger partial charge in [0.2, 0.25) is 0 Å². The minimum Gasteiger partial charge on any atom is -0.324 e. The van der Waals surface area contributed by atoms with Crippen LogP contribution in [0.5, 0.6) is 0 Å². The van der Waals surface area contributed by atoms with Crippen molar-refractivity contribution < 1.29 is 4.39 Å². The van der Waals surface area contributed by atoms with E-state index in [1.54, 1.807) is 12.1 Å². The molecule has 0 aliphatic rings. The first-order valence-electron chi connectivity index (χ1n) is 6.09. The number of aryl methyl sites for hydroxylation is 2. The molecule has 0 saturated heterocycles. The van der Waals surface area contributed by atoms with Crippen molar-refractivity contribution in [3.63, 3.8) is 0 Å². The molecule has 1 atom stereocenters. The fourth-order valence-electron chi connectivity index (χ4n) is 2.35. The Morgan fingerprint density at radius 3 is 2.63 bits per heavy atom. The first kappa shape index (κ1) is 14.0. The molecule has 102 valence electrons. The molecule has 0 aliphatic heterocycles. The van der Waals surface area contributed by atoms with Crippen LogP contribution < -0.4 is 5.73 Å². The Kier molecular flexibility index (Phi) is 3.92. The summed E-state index contributed by atoms with van der Waals surface area (Å²) in [6.45, 7) is 3.94. The van der Waals surface area contributed by atoms with Crippen LogP contribution in [0.25, 0.3) is 0 Å². The largest absolute Gasteiger partial charge is 0.324 e. The van der Waals surface area contributed by atoms with Gasteiger partial charge in [-0.05, 0) is 38.0 Å². The van der Waals surface area contributed by atoms with E-state index in [1.807, 2.05) is 25.6 Å². The molecule has 0 fully saturated rings. The van der Waals surface area contributed by atoms with Crippen LogP contribution in [0.2, 0.25) is 5.02 Å². The van der Waals surface area contributed by atoms with Crippen LogP contribution in [0, 0.1) is 19.7 Å². The number of benzene rings is 1. The van der Waals surface area contributed by atoms with Crippen LogP contribution in [0.4, 0.5) is 4.39 Å². The van der Waals surface area contributed by atoms with E-state index in [1.165, 1.54) is 6.07 Å². The van der Waals surface area contributed by atoms with Crippen molar-refractivity contribution >= 4 is 11.6 Å². The molecular formula is C14H17ClFN3. The molecule has 5 heteroatoms. The minimum absolute atomic E-state index is 0.129. The Bertz CT molecular complexity index is 607. The molecule has 2 N–H and O–H groups in total. The van der Waals surface area contributed by atoms with Crippen molar-refractivity contribution in [2.75, 3.05) is 0 Å². The van der Waals surface area contributed by atoms with Crippen LogP contribution in [-0.2, 0) is 13.5 Å². The van der Waals surface area contributed by atoms with Gasteiger partial charge in [-0.3, -0.25) is 4.68 Å². The molecule has 19 heavy (non-hydrogen) atoms. The van der Waals surface area contributed by atoms with Crippen molar-refractivity contribution in [1.29, 1.82) is 0 Å². The second kappa shape index (κ2) is 5.31. The summed E-state index contributed by atoms with van der Waals surface area (Å²) in [5, 5.41) is 4.48. The second-order valence-corrected chi connectivity index (χ2v) is 5.17. The smallest absolute Gasteiger partial charge is 0.141 e. The lowest BCUT2D eigenvalue weighted by molar-refractivity contribution is 0.626. The van der Waals surface area contributed by atoms with E-state index in [0.29, 0.717) is 6.42 Å². The van der Waals surface area contributed by atoms with E-state index in [-0.39, 0.29) is 11.1 Å². The van der Waals surface area contributed by atoms with E-state index >= 15 is 0 Å². The zero-order valence-electron chi connectivity index (χ0n) is 11.2. The maximum absolute atomic E-state index is 13.1. The van der Waals surface area contributed by atoms with Crippen molar-refractivity contribution in [3.8, 4) is 0 Å². The molecule has 0 spiro atoms. The highest BCUT2D eigenvalue weighted by Gasteiger charge is 2.17. The maximum Gasteiger partial charge on any atom is 0.141 e. The Morgan fingerprint density at radius 1 is 1.42 bits per heavy atom. The summed E-state index contributed by atoms with van der Waals surface area (Å²) in [5.41, 5.74) is 10.2. The highest BCUT2D eigenvalue weighted by Crippen LogP contribution is 2.24. The summed E-state index contributed by atoms with van der Waals surface area (Å²) >= 11 is 5.78. The third-order valence-corrected chi connectivity index (χ3v) is 3.67. The lowest BCUT2D eigenvalue weighted by atomic mass is 9.98. The fraction of sp³-hybridized carbons (Fsp3) is 0.357. The van der Waals surface area contributed by atoms with Crippen molar-refractivity contribution in [2.24, 2.45) is 12.8 Å². The number of rotatable bonds is 3. The number of aromatic nitrogens is 2. The summed E-state index contributed by atoms with van der Waals surface area (Å²) in [6, 6.07) is 4.53. The standard InChI is InChI=1S/C14H17ClFN3/c1-8-14(9(2)19(3)18-8)13(17)7-10-4-5-12(16)11(15)6-10/h4-6,13H,7,17H2,1-3H3. The van der Waals surface area contributed by atoms with Gasteiger partial charge in [0.25, 0.3) is 0 Å².